The third-order valence-electron chi connectivity index (χ3n) is 2.61. The Bertz CT molecular complexity index is 567. The lowest BCUT2D eigenvalue weighted by Crippen LogP contribution is -2.28. The number of nitro groups is 1. The zero-order valence-electron chi connectivity index (χ0n) is 12.3. The van der Waals surface area contributed by atoms with Gasteiger partial charge in [0, 0.05) is 11.6 Å². The summed E-state index contributed by atoms with van der Waals surface area (Å²) in [5.74, 6) is -1.48. The molecule has 0 saturated carbocycles. The highest BCUT2D eigenvalue weighted by molar-refractivity contribution is 5.92. The van der Waals surface area contributed by atoms with Gasteiger partial charge in [-0.1, -0.05) is 6.07 Å². The second kappa shape index (κ2) is 6.83. The Morgan fingerprint density at radius 1 is 1.19 bits per heavy atom. The summed E-state index contributed by atoms with van der Waals surface area (Å²) in [6.07, 6.45) is -1.40. The molecule has 0 unspecified atom stereocenters. The van der Waals surface area contributed by atoms with Crippen molar-refractivity contribution in [1.82, 2.24) is 0 Å². The van der Waals surface area contributed by atoms with Crippen LogP contribution in [0.2, 0.25) is 0 Å². The predicted molar refractivity (Wildman–Crippen MR) is 73.9 cm³/mol. The number of nitro benzene ring substituents is 1. The Balaban J connectivity index is 2.83. The first-order chi connectivity index (χ1) is 9.72. The van der Waals surface area contributed by atoms with Gasteiger partial charge in [0.05, 0.1) is 16.6 Å². The van der Waals surface area contributed by atoms with Crippen molar-refractivity contribution in [3.8, 4) is 0 Å². The van der Waals surface area contributed by atoms with E-state index in [0.717, 1.165) is 6.07 Å². The van der Waals surface area contributed by atoms with Crippen LogP contribution in [0.25, 0.3) is 0 Å². The van der Waals surface area contributed by atoms with Crippen molar-refractivity contribution in [3.05, 3.63) is 39.4 Å². The molecule has 0 aliphatic rings. The molecule has 0 aliphatic carbocycles. The minimum Gasteiger partial charge on any atom is -0.460 e. The van der Waals surface area contributed by atoms with Crippen LogP contribution in [0.15, 0.2) is 18.2 Å². The topological polar surface area (TPSA) is 95.7 Å². The maximum atomic E-state index is 11.9. The second-order valence-corrected chi connectivity index (χ2v) is 4.79. The first-order valence-corrected chi connectivity index (χ1v) is 6.39. The van der Waals surface area contributed by atoms with Gasteiger partial charge in [-0.15, -0.1) is 0 Å². The fraction of sp³-hybridized carbons (Fsp3) is 0.429. The third kappa shape index (κ3) is 4.55. The maximum Gasteiger partial charge on any atom is 0.347 e. The van der Waals surface area contributed by atoms with Gasteiger partial charge in [0.2, 0.25) is 0 Å². The van der Waals surface area contributed by atoms with E-state index in [2.05, 4.69) is 0 Å². The number of nitrogens with zero attached hydrogens (tertiary/aromatic N) is 1. The first-order valence-electron chi connectivity index (χ1n) is 6.39. The van der Waals surface area contributed by atoms with E-state index in [1.807, 2.05) is 0 Å². The summed E-state index contributed by atoms with van der Waals surface area (Å²) in [7, 11) is 0. The number of esters is 2. The van der Waals surface area contributed by atoms with Crippen molar-refractivity contribution < 1.29 is 24.0 Å². The monoisotopic (exact) mass is 295 g/mol. The van der Waals surface area contributed by atoms with E-state index in [-0.39, 0.29) is 17.4 Å². The number of ether oxygens (including phenoxy) is 2. The van der Waals surface area contributed by atoms with E-state index in [1.54, 1.807) is 20.8 Å². The quantitative estimate of drug-likeness (QED) is 0.470. The van der Waals surface area contributed by atoms with Crippen molar-refractivity contribution in [2.45, 2.75) is 39.9 Å². The normalized spacial score (nSPS) is 11.9. The highest BCUT2D eigenvalue weighted by Crippen LogP contribution is 2.20. The standard InChI is InChI=1S/C14H17NO6/c1-8(2)20-13(16)10(4)21-14(17)11-6-5-9(3)12(7-11)15(18)19/h5-8,10H,1-4H3/t10-/m1/s1. The van der Waals surface area contributed by atoms with Crippen LogP contribution in [-0.2, 0) is 14.3 Å². The number of hydrogen-bond acceptors (Lipinski definition) is 6. The van der Waals surface area contributed by atoms with Gasteiger partial charge in [-0.05, 0) is 33.8 Å². The number of hydrogen-bond donors (Lipinski definition) is 0. The highest BCUT2D eigenvalue weighted by Gasteiger charge is 2.22. The molecule has 0 spiro atoms. The fourth-order valence-electron chi connectivity index (χ4n) is 1.54. The molecule has 1 aromatic carbocycles. The third-order valence-corrected chi connectivity index (χ3v) is 2.61. The summed E-state index contributed by atoms with van der Waals surface area (Å²) in [5, 5.41) is 10.8. The van der Waals surface area contributed by atoms with Gasteiger partial charge in [-0.3, -0.25) is 10.1 Å². The molecule has 0 amide bonds. The van der Waals surface area contributed by atoms with Crippen molar-refractivity contribution in [2.24, 2.45) is 0 Å². The number of aryl methyl sites for hydroxylation is 1. The molecule has 21 heavy (non-hydrogen) atoms. The van der Waals surface area contributed by atoms with Crippen molar-refractivity contribution >= 4 is 17.6 Å². The molecule has 0 bridgehead atoms. The molecule has 1 atom stereocenters. The van der Waals surface area contributed by atoms with Crippen LogP contribution in [0.5, 0.6) is 0 Å². The summed E-state index contributed by atoms with van der Waals surface area (Å²) >= 11 is 0. The lowest BCUT2D eigenvalue weighted by Gasteiger charge is -2.14. The minimum absolute atomic E-state index is 0.0106. The summed E-state index contributed by atoms with van der Waals surface area (Å²) in [5.41, 5.74) is 0.266. The lowest BCUT2D eigenvalue weighted by atomic mass is 10.1. The van der Waals surface area contributed by atoms with E-state index < -0.39 is 23.0 Å². The SMILES string of the molecule is Cc1ccc(C(=O)O[C@H](C)C(=O)OC(C)C)cc1[N+](=O)[O-]. The molecule has 0 fully saturated rings. The molecule has 0 saturated heterocycles. The average molecular weight is 295 g/mol. The molecule has 7 heteroatoms. The number of benzene rings is 1. The van der Waals surface area contributed by atoms with Crippen molar-refractivity contribution in [3.63, 3.8) is 0 Å². The Morgan fingerprint density at radius 3 is 2.33 bits per heavy atom. The van der Waals surface area contributed by atoms with Gasteiger partial charge in [-0.25, -0.2) is 9.59 Å². The van der Waals surface area contributed by atoms with Crippen LogP contribution in [0.3, 0.4) is 0 Å². The summed E-state index contributed by atoms with van der Waals surface area (Å²) in [6, 6.07) is 3.98. The van der Waals surface area contributed by atoms with Crippen molar-refractivity contribution in [2.75, 3.05) is 0 Å². The van der Waals surface area contributed by atoms with Gasteiger partial charge in [0.1, 0.15) is 0 Å². The van der Waals surface area contributed by atoms with Gasteiger partial charge in [0.15, 0.2) is 6.10 Å². The Morgan fingerprint density at radius 2 is 1.81 bits per heavy atom. The summed E-state index contributed by atoms with van der Waals surface area (Å²) in [6.45, 7) is 6.30. The molecule has 0 N–H and O–H groups in total. The van der Waals surface area contributed by atoms with Gasteiger partial charge < -0.3 is 9.47 Å². The number of rotatable bonds is 5. The van der Waals surface area contributed by atoms with E-state index in [0.29, 0.717) is 5.56 Å². The average Bonchev–Trinajstić information content (AvgIpc) is 2.37. The molecular weight excluding hydrogens is 278 g/mol. The zero-order chi connectivity index (χ0) is 16.2. The Labute approximate surface area is 122 Å². The summed E-state index contributed by atoms with van der Waals surface area (Å²) < 4.78 is 9.84. The smallest absolute Gasteiger partial charge is 0.347 e. The molecule has 0 aliphatic heterocycles. The molecule has 0 heterocycles. The maximum absolute atomic E-state index is 11.9. The zero-order valence-corrected chi connectivity index (χ0v) is 12.3. The van der Waals surface area contributed by atoms with E-state index in [1.165, 1.54) is 19.1 Å². The Hall–Kier alpha value is -2.44. The molecule has 1 aromatic rings. The van der Waals surface area contributed by atoms with Crippen LogP contribution >= 0.6 is 0 Å². The largest absolute Gasteiger partial charge is 0.460 e. The van der Waals surface area contributed by atoms with Crippen LogP contribution in [0, 0.1) is 17.0 Å². The van der Waals surface area contributed by atoms with Crippen LogP contribution in [0.4, 0.5) is 5.69 Å². The van der Waals surface area contributed by atoms with Crippen LogP contribution in [0.1, 0.15) is 36.7 Å². The Kier molecular flexibility index (Phi) is 5.40. The molecule has 0 aromatic heterocycles. The number of carbonyl (C=O) groups excluding carboxylic acids is 2. The highest BCUT2D eigenvalue weighted by atomic mass is 16.6. The molecule has 1 rings (SSSR count). The molecular formula is C14H17NO6. The van der Waals surface area contributed by atoms with Gasteiger partial charge in [-0.2, -0.15) is 0 Å². The fourth-order valence-corrected chi connectivity index (χ4v) is 1.54. The van der Waals surface area contributed by atoms with Gasteiger partial charge >= 0.3 is 11.9 Å². The predicted octanol–water partition coefficient (Wildman–Crippen LogP) is 2.40. The second-order valence-electron chi connectivity index (χ2n) is 4.79. The number of carbonyl (C=O) groups is 2. The van der Waals surface area contributed by atoms with Gasteiger partial charge in [0.25, 0.3) is 5.69 Å². The molecule has 0 radical (unpaired) electrons. The lowest BCUT2D eigenvalue weighted by molar-refractivity contribution is -0.385. The summed E-state index contributed by atoms with van der Waals surface area (Å²) in [4.78, 5) is 33.7. The van der Waals surface area contributed by atoms with E-state index in [4.69, 9.17) is 9.47 Å². The van der Waals surface area contributed by atoms with Crippen LogP contribution < -0.4 is 0 Å². The molecule has 7 nitrogen and oxygen atoms in total. The molecule has 114 valence electrons. The first kappa shape index (κ1) is 16.6. The van der Waals surface area contributed by atoms with E-state index >= 15 is 0 Å². The van der Waals surface area contributed by atoms with Crippen LogP contribution in [-0.4, -0.2) is 29.1 Å². The van der Waals surface area contributed by atoms with E-state index in [9.17, 15) is 19.7 Å². The van der Waals surface area contributed by atoms with Crippen molar-refractivity contribution in [1.29, 1.82) is 0 Å². The minimum atomic E-state index is -1.08.